The van der Waals surface area contributed by atoms with E-state index in [4.69, 9.17) is 9.15 Å². The maximum Gasteiger partial charge on any atom is 0.433 e. The first-order valence-corrected chi connectivity index (χ1v) is 5.30. The maximum absolute atomic E-state index is 10.4. The van der Waals surface area contributed by atoms with Crippen LogP contribution in [0.5, 0.6) is 0 Å². The van der Waals surface area contributed by atoms with Gasteiger partial charge in [0.1, 0.15) is 10.7 Å². The number of nitrogens with zero attached hydrogens (tertiary/aromatic N) is 1. The molecule has 0 unspecified atom stereocenters. The standard InChI is InChI=1S/C10H14N2O4/c13-12(14)10-2-1-9(16-10)7-11-8-3-5-15-6-4-8/h1-2,8,11H,3-7H2. The Hall–Kier alpha value is -1.40. The van der Waals surface area contributed by atoms with Crippen molar-refractivity contribution in [2.75, 3.05) is 13.2 Å². The molecule has 88 valence electrons. The second kappa shape index (κ2) is 5.09. The molecule has 2 rings (SSSR count). The van der Waals surface area contributed by atoms with Crippen molar-refractivity contribution in [2.45, 2.75) is 25.4 Å². The monoisotopic (exact) mass is 226 g/mol. The molecule has 16 heavy (non-hydrogen) atoms. The third kappa shape index (κ3) is 2.80. The lowest BCUT2D eigenvalue weighted by Crippen LogP contribution is -2.34. The highest BCUT2D eigenvalue weighted by atomic mass is 16.6. The zero-order valence-corrected chi connectivity index (χ0v) is 8.85. The Morgan fingerprint density at radius 2 is 2.19 bits per heavy atom. The number of hydrogen-bond donors (Lipinski definition) is 1. The molecule has 1 aromatic heterocycles. The highest BCUT2D eigenvalue weighted by Gasteiger charge is 2.15. The minimum Gasteiger partial charge on any atom is -0.404 e. The maximum atomic E-state index is 10.4. The molecule has 1 saturated heterocycles. The molecule has 0 spiro atoms. The first-order valence-electron chi connectivity index (χ1n) is 5.30. The highest BCUT2D eigenvalue weighted by Crippen LogP contribution is 2.16. The highest BCUT2D eigenvalue weighted by molar-refractivity contribution is 5.17. The van der Waals surface area contributed by atoms with Gasteiger partial charge in [-0.3, -0.25) is 10.1 Å². The number of nitrogens with one attached hydrogen (secondary N) is 1. The summed E-state index contributed by atoms with van der Waals surface area (Å²) in [5, 5.41) is 13.7. The van der Waals surface area contributed by atoms with E-state index < -0.39 is 4.92 Å². The summed E-state index contributed by atoms with van der Waals surface area (Å²) in [7, 11) is 0. The summed E-state index contributed by atoms with van der Waals surface area (Å²) in [5.41, 5.74) is 0. The molecule has 0 saturated carbocycles. The molecular formula is C10H14N2O4. The lowest BCUT2D eigenvalue weighted by Gasteiger charge is -2.22. The molecule has 0 radical (unpaired) electrons. The predicted octanol–water partition coefficient (Wildman–Crippen LogP) is 1.46. The normalized spacial score (nSPS) is 17.5. The summed E-state index contributed by atoms with van der Waals surface area (Å²) in [6, 6.07) is 3.42. The van der Waals surface area contributed by atoms with E-state index in [0.29, 0.717) is 18.3 Å². The Morgan fingerprint density at radius 1 is 1.44 bits per heavy atom. The first kappa shape index (κ1) is 11.1. The number of nitro groups is 1. The molecule has 0 aliphatic carbocycles. The summed E-state index contributed by atoms with van der Waals surface area (Å²) < 4.78 is 10.3. The number of rotatable bonds is 4. The van der Waals surface area contributed by atoms with E-state index >= 15 is 0 Å². The summed E-state index contributed by atoms with van der Waals surface area (Å²) in [4.78, 5) is 9.87. The van der Waals surface area contributed by atoms with Crippen molar-refractivity contribution in [2.24, 2.45) is 0 Å². The van der Waals surface area contributed by atoms with Crippen molar-refractivity contribution >= 4 is 5.88 Å². The largest absolute Gasteiger partial charge is 0.433 e. The van der Waals surface area contributed by atoms with Crippen molar-refractivity contribution in [3.8, 4) is 0 Å². The van der Waals surface area contributed by atoms with E-state index in [1.54, 1.807) is 6.07 Å². The molecule has 0 bridgehead atoms. The van der Waals surface area contributed by atoms with Crippen LogP contribution in [-0.4, -0.2) is 24.2 Å². The second-order valence-corrected chi connectivity index (χ2v) is 3.76. The molecule has 6 nitrogen and oxygen atoms in total. The Morgan fingerprint density at radius 3 is 2.81 bits per heavy atom. The van der Waals surface area contributed by atoms with Gasteiger partial charge < -0.3 is 14.5 Å². The van der Waals surface area contributed by atoms with Crippen LogP contribution in [0, 0.1) is 10.1 Å². The molecule has 1 aliphatic rings. The van der Waals surface area contributed by atoms with Gasteiger partial charge in [0.05, 0.1) is 12.6 Å². The zero-order chi connectivity index (χ0) is 11.4. The third-order valence-electron chi connectivity index (χ3n) is 2.61. The van der Waals surface area contributed by atoms with Crippen molar-refractivity contribution in [3.63, 3.8) is 0 Å². The number of furan rings is 1. The van der Waals surface area contributed by atoms with E-state index in [-0.39, 0.29) is 5.88 Å². The minimum absolute atomic E-state index is 0.205. The van der Waals surface area contributed by atoms with Gasteiger partial charge in [0, 0.05) is 19.3 Å². The smallest absolute Gasteiger partial charge is 0.404 e. The van der Waals surface area contributed by atoms with Gasteiger partial charge in [-0.15, -0.1) is 0 Å². The summed E-state index contributed by atoms with van der Waals surface area (Å²) in [6.07, 6.45) is 1.95. The van der Waals surface area contributed by atoms with Crippen molar-refractivity contribution < 1.29 is 14.1 Å². The van der Waals surface area contributed by atoms with Crippen LogP contribution in [0.15, 0.2) is 16.5 Å². The van der Waals surface area contributed by atoms with Crippen molar-refractivity contribution in [3.05, 3.63) is 28.0 Å². The Kier molecular flexibility index (Phi) is 3.53. The Bertz CT molecular complexity index is 357. The van der Waals surface area contributed by atoms with Crippen LogP contribution in [0.25, 0.3) is 0 Å². The minimum atomic E-state index is -0.530. The molecule has 0 amide bonds. The third-order valence-corrected chi connectivity index (χ3v) is 2.61. The molecule has 1 aliphatic heterocycles. The van der Waals surface area contributed by atoms with Crippen LogP contribution in [0.4, 0.5) is 5.88 Å². The fourth-order valence-electron chi connectivity index (χ4n) is 1.71. The molecule has 0 atom stereocenters. The average molecular weight is 226 g/mol. The Balaban J connectivity index is 1.81. The summed E-state index contributed by atoms with van der Waals surface area (Å²) in [5.74, 6) is 0.391. The van der Waals surface area contributed by atoms with Gasteiger partial charge in [0.2, 0.25) is 0 Å². The van der Waals surface area contributed by atoms with Crippen LogP contribution in [0.1, 0.15) is 18.6 Å². The molecular weight excluding hydrogens is 212 g/mol. The topological polar surface area (TPSA) is 77.5 Å². The number of ether oxygens (including phenoxy) is 1. The second-order valence-electron chi connectivity index (χ2n) is 3.76. The summed E-state index contributed by atoms with van der Waals surface area (Å²) >= 11 is 0. The van der Waals surface area contributed by atoms with Gasteiger partial charge in [-0.25, -0.2) is 0 Å². The predicted molar refractivity (Wildman–Crippen MR) is 56.0 cm³/mol. The van der Waals surface area contributed by atoms with E-state index in [9.17, 15) is 10.1 Å². The molecule has 0 aromatic carbocycles. The fraction of sp³-hybridized carbons (Fsp3) is 0.600. The molecule has 2 heterocycles. The van der Waals surface area contributed by atoms with Gasteiger partial charge in [0.15, 0.2) is 0 Å². The summed E-state index contributed by atoms with van der Waals surface area (Å²) in [6.45, 7) is 2.07. The first-order chi connectivity index (χ1) is 7.75. The van der Waals surface area contributed by atoms with Gasteiger partial charge in [-0.1, -0.05) is 0 Å². The van der Waals surface area contributed by atoms with Crippen LogP contribution < -0.4 is 5.32 Å². The Labute approximate surface area is 92.7 Å². The van der Waals surface area contributed by atoms with E-state index in [1.165, 1.54) is 6.07 Å². The van der Waals surface area contributed by atoms with Gasteiger partial charge in [-0.05, 0) is 18.9 Å². The van der Waals surface area contributed by atoms with Gasteiger partial charge in [-0.2, -0.15) is 0 Å². The number of hydrogen-bond acceptors (Lipinski definition) is 5. The lowest BCUT2D eigenvalue weighted by molar-refractivity contribution is -0.402. The molecule has 1 N–H and O–H groups in total. The molecule has 6 heteroatoms. The average Bonchev–Trinajstić information content (AvgIpc) is 2.76. The quantitative estimate of drug-likeness (QED) is 0.621. The van der Waals surface area contributed by atoms with Crippen LogP contribution in [-0.2, 0) is 11.3 Å². The molecule has 1 aromatic rings. The van der Waals surface area contributed by atoms with Gasteiger partial charge >= 0.3 is 5.88 Å². The van der Waals surface area contributed by atoms with Crippen molar-refractivity contribution in [1.82, 2.24) is 5.32 Å². The zero-order valence-electron chi connectivity index (χ0n) is 8.85. The van der Waals surface area contributed by atoms with Gasteiger partial charge in [0.25, 0.3) is 0 Å². The van der Waals surface area contributed by atoms with Crippen molar-refractivity contribution in [1.29, 1.82) is 0 Å². The van der Waals surface area contributed by atoms with E-state index in [0.717, 1.165) is 26.1 Å². The SMILES string of the molecule is O=[N+]([O-])c1ccc(CNC2CCOCC2)o1. The lowest BCUT2D eigenvalue weighted by atomic mass is 10.1. The van der Waals surface area contributed by atoms with Crippen LogP contribution >= 0.6 is 0 Å². The fourth-order valence-corrected chi connectivity index (χ4v) is 1.71. The van der Waals surface area contributed by atoms with Crippen LogP contribution in [0.3, 0.4) is 0 Å². The van der Waals surface area contributed by atoms with E-state index in [2.05, 4.69) is 5.32 Å². The van der Waals surface area contributed by atoms with Crippen LogP contribution in [0.2, 0.25) is 0 Å². The van der Waals surface area contributed by atoms with E-state index in [1.807, 2.05) is 0 Å². The molecule has 1 fully saturated rings.